The summed E-state index contributed by atoms with van der Waals surface area (Å²) in [5.41, 5.74) is 3.99. The number of ether oxygens (including phenoxy) is 1. The van der Waals surface area contributed by atoms with Gasteiger partial charge in [-0.25, -0.2) is 4.79 Å². The molecule has 0 aliphatic heterocycles. The summed E-state index contributed by atoms with van der Waals surface area (Å²) in [4.78, 5) is 12.6. The average Bonchev–Trinajstić information content (AvgIpc) is 3.28. The normalized spacial score (nSPS) is 11.6. The van der Waals surface area contributed by atoms with E-state index in [1.807, 2.05) is 41.8 Å². The summed E-state index contributed by atoms with van der Waals surface area (Å²) in [7, 11) is 1.60. The first-order valence-corrected chi connectivity index (χ1v) is 11.9. The zero-order valence-electron chi connectivity index (χ0n) is 19.4. The molecule has 2 amide bonds. The van der Waals surface area contributed by atoms with E-state index >= 15 is 0 Å². The Hall–Kier alpha value is -3.78. The van der Waals surface area contributed by atoms with Crippen LogP contribution in [0, 0.1) is 6.92 Å². The van der Waals surface area contributed by atoms with Crippen molar-refractivity contribution in [2.45, 2.75) is 30.8 Å². The van der Waals surface area contributed by atoms with Gasteiger partial charge in [-0.3, -0.25) is 4.57 Å². The monoisotopic (exact) mass is 473 g/mol. The fourth-order valence-corrected chi connectivity index (χ4v) is 4.33. The van der Waals surface area contributed by atoms with Crippen molar-refractivity contribution in [1.82, 2.24) is 20.1 Å². The zero-order valence-corrected chi connectivity index (χ0v) is 20.2. The lowest BCUT2D eigenvalue weighted by atomic mass is 10.2. The van der Waals surface area contributed by atoms with Crippen molar-refractivity contribution in [2.75, 3.05) is 12.4 Å². The molecule has 0 aliphatic rings. The van der Waals surface area contributed by atoms with Gasteiger partial charge in [0.1, 0.15) is 5.75 Å². The van der Waals surface area contributed by atoms with Crippen molar-refractivity contribution in [1.29, 1.82) is 0 Å². The minimum absolute atomic E-state index is 0.324. The standard InChI is InChI=1S/C26H27N5O2S/c1-18-9-13-22(14-10-18)31-24(29-30-26(31)34-17-20-7-5-4-6-8-20)19(2)27-25(32)28-21-11-15-23(33-3)16-12-21/h4-16,19H,17H2,1-3H3,(H2,27,28,32). The van der Waals surface area contributed by atoms with Crippen molar-refractivity contribution in [2.24, 2.45) is 0 Å². The number of aromatic nitrogens is 3. The largest absolute Gasteiger partial charge is 0.497 e. The van der Waals surface area contributed by atoms with E-state index in [4.69, 9.17) is 4.74 Å². The summed E-state index contributed by atoms with van der Waals surface area (Å²) in [6, 6.07) is 24.9. The van der Waals surface area contributed by atoms with Crippen LogP contribution in [-0.2, 0) is 5.75 Å². The summed E-state index contributed by atoms with van der Waals surface area (Å²) >= 11 is 1.61. The number of carbonyl (C=O) groups is 1. The van der Waals surface area contributed by atoms with Gasteiger partial charge >= 0.3 is 6.03 Å². The van der Waals surface area contributed by atoms with Crippen LogP contribution in [0.5, 0.6) is 5.75 Å². The molecule has 4 aromatic rings. The smallest absolute Gasteiger partial charge is 0.319 e. The summed E-state index contributed by atoms with van der Waals surface area (Å²) in [6.07, 6.45) is 0. The second-order valence-corrected chi connectivity index (χ2v) is 8.78. The molecule has 174 valence electrons. The molecular weight excluding hydrogens is 446 g/mol. The quantitative estimate of drug-likeness (QED) is 0.318. The van der Waals surface area contributed by atoms with E-state index < -0.39 is 0 Å². The number of methoxy groups -OCH3 is 1. The molecular formula is C26H27N5O2S. The number of thioether (sulfide) groups is 1. The Bertz CT molecular complexity index is 1220. The molecule has 0 saturated heterocycles. The Labute approximate surface area is 203 Å². The lowest BCUT2D eigenvalue weighted by Gasteiger charge is -2.17. The number of hydrogen-bond acceptors (Lipinski definition) is 5. The van der Waals surface area contributed by atoms with Crippen LogP contribution >= 0.6 is 11.8 Å². The molecule has 1 unspecified atom stereocenters. The van der Waals surface area contributed by atoms with Crippen LogP contribution in [0.25, 0.3) is 5.69 Å². The van der Waals surface area contributed by atoms with E-state index in [1.165, 1.54) is 11.1 Å². The summed E-state index contributed by atoms with van der Waals surface area (Å²) in [5.74, 6) is 2.15. The third-order valence-corrected chi connectivity index (χ3v) is 6.24. The lowest BCUT2D eigenvalue weighted by molar-refractivity contribution is 0.249. The van der Waals surface area contributed by atoms with Crippen LogP contribution in [0.2, 0.25) is 0 Å². The highest BCUT2D eigenvalue weighted by molar-refractivity contribution is 7.98. The van der Waals surface area contributed by atoms with Crippen LogP contribution in [0.1, 0.15) is 29.9 Å². The summed E-state index contributed by atoms with van der Waals surface area (Å²) in [5, 5.41) is 15.5. The molecule has 1 heterocycles. The SMILES string of the molecule is COc1ccc(NC(=O)NC(C)c2nnc(SCc3ccccc3)n2-c2ccc(C)cc2)cc1. The third-order valence-electron chi connectivity index (χ3n) is 5.24. The molecule has 0 bridgehead atoms. The number of aryl methyl sites for hydroxylation is 1. The first-order valence-electron chi connectivity index (χ1n) is 10.9. The Kier molecular flexibility index (Phi) is 7.49. The van der Waals surface area contributed by atoms with Crippen molar-refractivity contribution in [3.63, 3.8) is 0 Å². The fraction of sp³-hybridized carbons (Fsp3) is 0.192. The number of rotatable bonds is 8. The highest BCUT2D eigenvalue weighted by atomic mass is 32.2. The lowest BCUT2D eigenvalue weighted by Crippen LogP contribution is -2.32. The van der Waals surface area contributed by atoms with Gasteiger partial charge in [0.2, 0.25) is 0 Å². The Balaban J connectivity index is 1.53. The maximum Gasteiger partial charge on any atom is 0.319 e. The van der Waals surface area contributed by atoms with E-state index in [0.717, 1.165) is 22.3 Å². The molecule has 0 spiro atoms. The number of benzene rings is 3. The van der Waals surface area contributed by atoms with E-state index in [-0.39, 0.29) is 12.1 Å². The second-order valence-electron chi connectivity index (χ2n) is 7.83. The number of urea groups is 1. The van der Waals surface area contributed by atoms with Gasteiger partial charge in [-0.15, -0.1) is 10.2 Å². The molecule has 0 radical (unpaired) electrons. The molecule has 4 rings (SSSR count). The molecule has 0 aliphatic carbocycles. The molecule has 7 nitrogen and oxygen atoms in total. The molecule has 3 aromatic carbocycles. The molecule has 1 aromatic heterocycles. The highest BCUT2D eigenvalue weighted by Crippen LogP contribution is 2.28. The fourth-order valence-electron chi connectivity index (χ4n) is 3.42. The first-order chi connectivity index (χ1) is 16.5. The topological polar surface area (TPSA) is 81.1 Å². The number of anilines is 1. The van der Waals surface area contributed by atoms with E-state index in [2.05, 4.69) is 52.0 Å². The van der Waals surface area contributed by atoms with Crippen molar-refractivity contribution in [3.05, 3.63) is 95.8 Å². The molecule has 0 saturated carbocycles. The molecule has 1 atom stereocenters. The predicted octanol–water partition coefficient (Wildman–Crippen LogP) is 5.76. The van der Waals surface area contributed by atoms with Gasteiger partial charge in [0.25, 0.3) is 0 Å². The van der Waals surface area contributed by atoms with E-state index in [9.17, 15) is 4.79 Å². The van der Waals surface area contributed by atoms with Crippen LogP contribution in [0.3, 0.4) is 0 Å². The van der Waals surface area contributed by atoms with E-state index in [1.54, 1.807) is 43.1 Å². The molecule has 2 N–H and O–H groups in total. The number of amides is 2. The maximum absolute atomic E-state index is 12.6. The number of carbonyl (C=O) groups excluding carboxylic acids is 1. The molecule has 0 fully saturated rings. The summed E-state index contributed by atoms with van der Waals surface area (Å²) in [6.45, 7) is 3.95. The number of hydrogen-bond donors (Lipinski definition) is 2. The average molecular weight is 474 g/mol. The summed E-state index contributed by atoms with van der Waals surface area (Å²) < 4.78 is 7.17. The number of nitrogens with zero attached hydrogens (tertiary/aromatic N) is 3. The minimum Gasteiger partial charge on any atom is -0.497 e. The third kappa shape index (κ3) is 5.77. The van der Waals surface area contributed by atoms with Gasteiger partial charge in [-0.2, -0.15) is 0 Å². The van der Waals surface area contributed by atoms with Gasteiger partial charge in [0, 0.05) is 17.1 Å². The minimum atomic E-state index is -0.377. The van der Waals surface area contributed by atoms with Crippen molar-refractivity contribution < 1.29 is 9.53 Å². The first kappa shape index (κ1) is 23.4. The van der Waals surface area contributed by atoms with Crippen LogP contribution in [0.4, 0.5) is 10.5 Å². The second kappa shape index (κ2) is 10.9. The number of nitrogens with one attached hydrogen (secondary N) is 2. The highest BCUT2D eigenvalue weighted by Gasteiger charge is 2.21. The van der Waals surface area contributed by atoms with Crippen LogP contribution in [0.15, 0.2) is 84.0 Å². The van der Waals surface area contributed by atoms with Gasteiger partial charge < -0.3 is 15.4 Å². The van der Waals surface area contributed by atoms with Crippen molar-refractivity contribution in [3.8, 4) is 11.4 Å². The van der Waals surface area contributed by atoms with Crippen LogP contribution < -0.4 is 15.4 Å². The Morgan fingerprint density at radius 2 is 1.71 bits per heavy atom. The van der Waals surface area contributed by atoms with Gasteiger partial charge in [0.05, 0.1) is 13.2 Å². The van der Waals surface area contributed by atoms with Gasteiger partial charge in [-0.05, 0) is 55.8 Å². The zero-order chi connectivity index (χ0) is 23.9. The van der Waals surface area contributed by atoms with Gasteiger partial charge in [-0.1, -0.05) is 59.8 Å². The van der Waals surface area contributed by atoms with Gasteiger partial charge in [0.15, 0.2) is 11.0 Å². The Morgan fingerprint density at radius 3 is 2.38 bits per heavy atom. The van der Waals surface area contributed by atoms with Crippen molar-refractivity contribution >= 4 is 23.5 Å². The predicted molar refractivity (Wildman–Crippen MR) is 136 cm³/mol. The molecule has 34 heavy (non-hydrogen) atoms. The van der Waals surface area contributed by atoms with Crippen LogP contribution in [-0.4, -0.2) is 27.9 Å². The maximum atomic E-state index is 12.6. The van der Waals surface area contributed by atoms with E-state index in [0.29, 0.717) is 11.5 Å². The Morgan fingerprint density at radius 1 is 1.00 bits per heavy atom. The molecule has 8 heteroatoms.